The van der Waals surface area contributed by atoms with Crippen LogP contribution in [0.3, 0.4) is 0 Å². The maximum Gasteiger partial charge on any atom is 0.220 e. The number of piperidine rings is 2. The normalized spacial score (nSPS) is 38.8. The predicted molar refractivity (Wildman–Crippen MR) is 78.5 cm³/mol. The summed E-state index contributed by atoms with van der Waals surface area (Å²) >= 11 is 0. The van der Waals surface area contributed by atoms with Crippen molar-refractivity contribution in [3.63, 3.8) is 0 Å². The van der Waals surface area contributed by atoms with Crippen LogP contribution in [0.2, 0.25) is 0 Å². The lowest BCUT2D eigenvalue weighted by molar-refractivity contribution is -0.120. The molecule has 0 aromatic carbocycles. The van der Waals surface area contributed by atoms with Gasteiger partial charge in [-0.2, -0.15) is 0 Å². The molecule has 4 rings (SSSR count). The highest BCUT2D eigenvalue weighted by Crippen LogP contribution is 2.43. The van der Waals surface area contributed by atoms with Gasteiger partial charge in [-0.1, -0.05) is 0 Å². The fraction of sp³-hybridized carbons (Fsp3) is 0.875. The number of likely N-dealkylation sites (tertiary alicyclic amines) is 2. The zero-order valence-electron chi connectivity index (χ0n) is 12.6. The van der Waals surface area contributed by atoms with Crippen LogP contribution in [0.4, 0.5) is 0 Å². The summed E-state index contributed by atoms with van der Waals surface area (Å²) in [6.07, 6.45) is 6.63. The molecule has 1 aliphatic carbocycles. The van der Waals surface area contributed by atoms with Crippen LogP contribution in [-0.2, 0) is 9.59 Å². The van der Waals surface area contributed by atoms with Crippen LogP contribution in [-0.4, -0.2) is 60.9 Å². The standard InChI is InChI=1S/C16H25N3O2/c20-11-18-8-12-5-13(9-18)14(6-12)19-3-1-16(2-4-19)7-15(21)17-10-16/h11-14H,1-10H2,(H,17,21). The second-order valence-electron chi connectivity index (χ2n) is 7.71. The molecule has 4 aliphatic rings. The molecule has 1 N–H and O–H groups in total. The van der Waals surface area contributed by atoms with Gasteiger partial charge < -0.3 is 10.2 Å². The second-order valence-corrected chi connectivity index (χ2v) is 7.71. The van der Waals surface area contributed by atoms with E-state index >= 15 is 0 Å². The van der Waals surface area contributed by atoms with E-state index in [-0.39, 0.29) is 11.3 Å². The molecule has 21 heavy (non-hydrogen) atoms. The lowest BCUT2D eigenvalue weighted by Crippen LogP contribution is -2.48. The summed E-state index contributed by atoms with van der Waals surface area (Å²) in [5, 5.41) is 3.01. The highest BCUT2D eigenvalue weighted by atomic mass is 16.2. The molecule has 0 radical (unpaired) electrons. The number of amides is 2. The number of hydrogen-bond donors (Lipinski definition) is 1. The highest BCUT2D eigenvalue weighted by molar-refractivity contribution is 5.79. The molecule has 2 amide bonds. The van der Waals surface area contributed by atoms with E-state index in [1.807, 2.05) is 4.90 Å². The smallest absolute Gasteiger partial charge is 0.220 e. The Morgan fingerprint density at radius 2 is 2.00 bits per heavy atom. The van der Waals surface area contributed by atoms with Crippen molar-refractivity contribution in [2.75, 3.05) is 32.7 Å². The number of carbonyl (C=O) groups is 2. The van der Waals surface area contributed by atoms with Gasteiger partial charge in [0, 0.05) is 32.1 Å². The van der Waals surface area contributed by atoms with Crippen LogP contribution in [0, 0.1) is 17.3 Å². The Kier molecular flexibility index (Phi) is 3.21. The van der Waals surface area contributed by atoms with Crippen molar-refractivity contribution < 1.29 is 9.59 Å². The van der Waals surface area contributed by atoms with Crippen LogP contribution < -0.4 is 5.32 Å². The van der Waals surface area contributed by atoms with E-state index in [9.17, 15) is 9.59 Å². The number of rotatable bonds is 2. The Bertz CT molecular complexity index is 445. The highest BCUT2D eigenvalue weighted by Gasteiger charge is 2.46. The summed E-state index contributed by atoms with van der Waals surface area (Å²) in [5.41, 5.74) is 0.246. The SMILES string of the molecule is O=CN1CC2CC(C1)C(N1CCC3(CC1)CNC(=O)C3)C2. The first-order valence-corrected chi connectivity index (χ1v) is 8.38. The Morgan fingerprint density at radius 1 is 1.19 bits per heavy atom. The molecule has 116 valence electrons. The summed E-state index contributed by atoms with van der Waals surface area (Å²) in [4.78, 5) is 27.2. The number of nitrogens with one attached hydrogen (secondary N) is 1. The summed E-state index contributed by atoms with van der Waals surface area (Å²) in [7, 11) is 0. The lowest BCUT2D eigenvalue weighted by atomic mass is 9.77. The molecule has 3 unspecified atom stereocenters. The van der Waals surface area contributed by atoms with E-state index in [0.29, 0.717) is 17.9 Å². The molecular weight excluding hydrogens is 266 g/mol. The molecule has 4 fully saturated rings. The first-order valence-electron chi connectivity index (χ1n) is 8.38. The van der Waals surface area contributed by atoms with Gasteiger partial charge >= 0.3 is 0 Å². The molecule has 1 saturated carbocycles. The molecule has 0 aromatic rings. The van der Waals surface area contributed by atoms with Crippen LogP contribution in [0.5, 0.6) is 0 Å². The minimum absolute atomic E-state index is 0.238. The van der Waals surface area contributed by atoms with Gasteiger partial charge in [-0.05, 0) is 56.0 Å². The molecule has 5 nitrogen and oxygen atoms in total. The maximum absolute atomic E-state index is 11.5. The van der Waals surface area contributed by atoms with E-state index in [0.717, 1.165) is 58.4 Å². The van der Waals surface area contributed by atoms with Crippen molar-refractivity contribution >= 4 is 12.3 Å². The quantitative estimate of drug-likeness (QED) is 0.752. The number of fused-ring (bicyclic) bond motifs is 2. The number of nitrogens with zero attached hydrogens (tertiary/aromatic N) is 2. The van der Waals surface area contributed by atoms with Crippen molar-refractivity contribution in [1.29, 1.82) is 0 Å². The minimum Gasteiger partial charge on any atom is -0.356 e. The molecule has 2 bridgehead atoms. The lowest BCUT2D eigenvalue weighted by Gasteiger charge is -2.42. The molecule has 3 heterocycles. The average Bonchev–Trinajstić information content (AvgIpc) is 3.00. The molecule has 0 aromatic heterocycles. The average molecular weight is 291 g/mol. The molecule has 3 atom stereocenters. The predicted octanol–water partition coefficient (Wildman–Crippen LogP) is 0.455. The third kappa shape index (κ3) is 2.35. The molecular formula is C16H25N3O2. The van der Waals surface area contributed by atoms with Crippen LogP contribution in [0.15, 0.2) is 0 Å². The van der Waals surface area contributed by atoms with E-state index in [1.54, 1.807) is 0 Å². The monoisotopic (exact) mass is 291 g/mol. The van der Waals surface area contributed by atoms with Crippen LogP contribution in [0.1, 0.15) is 32.1 Å². The van der Waals surface area contributed by atoms with Gasteiger partial charge in [-0.3, -0.25) is 14.5 Å². The van der Waals surface area contributed by atoms with Gasteiger partial charge in [0.1, 0.15) is 0 Å². The third-order valence-electron chi connectivity index (χ3n) is 6.39. The Balaban J connectivity index is 1.38. The van der Waals surface area contributed by atoms with Crippen molar-refractivity contribution in [3.05, 3.63) is 0 Å². The zero-order valence-corrected chi connectivity index (χ0v) is 12.6. The van der Waals surface area contributed by atoms with Gasteiger partial charge in [-0.15, -0.1) is 0 Å². The van der Waals surface area contributed by atoms with Crippen LogP contribution >= 0.6 is 0 Å². The van der Waals surface area contributed by atoms with E-state index in [4.69, 9.17) is 0 Å². The van der Waals surface area contributed by atoms with E-state index < -0.39 is 0 Å². The van der Waals surface area contributed by atoms with Gasteiger partial charge in [0.05, 0.1) is 0 Å². The largest absolute Gasteiger partial charge is 0.356 e. The van der Waals surface area contributed by atoms with Gasteiger partial charge in [0.2, 0.25) is 12.3 Å². The van der Waals surface area contributed by atoms with Crippen molar-refractivity contribution in [3.8, 4) is 0 Å². The number of carbonyl (C=O) groups excluding carboxylic acids is 2. The van der Waals surface area contributed by atoms with Crippen molar-refractivity contribution in [2.45, 2.75) is 38.1 Å². The number of hydrogen-bond acceptors (Lipinski definition) is 3. The van der Waals surface area contributed by atoms with E-state index in [1.165, 1.54) is 12.8 Å². The zero-order chi connectivity index (χ0) is 14.4. The molecule has 5 heteroatoms. The van der Waals surface area contributed by atoms with Crippen molar-refractivity contribution in [1.82, 2.24) is 15.1 Å². The third-order valence-corrected chi connectivity index (χ3v) is 6.39. The first kappa shape index (κ1) is 13.6. The summed E-state index contributed by atoms with van der Waals surface area (Å²) in [5.74, 6) is 1.62. The molecule has 3 saturated heterocycles. The van der Waals surface area contributed by atoms with Crippen molar-refractivity contribution in [2.24, 2.45) is 17.3 Å². The fourth-order valence-corrected chi connectivity index (χ4v) is 5.24. The molecule has 3 aliphatic heterocycles. The summed E-state index contributed by atoms with van der Waals surface area (Å²) in [6.45, 7) is 5.06. The summed E-state index contributed by atoms with van der Waals surface area (Å²) < 4.78 is 0. The summed E-state index contributed by atoms with van der Waals surface area (Å²) in [6, 6.07) is 0.669. The fourth-order valence-electron chi connectivity index (χ4n) is 5.24. The first-order chi connectivity index (χ1) is 10.2. The minimum atomic E-state index is 0.238. The maximum atomic E-state index is 11.5. The van der Waals surface area contributed by atoms with Crippen LogP contribution in [0.25, 0.3) is 0 Å². The Morgan fingerprint density at radius 3 is 2.67 bits per heavy atom. The van der Waals surface area contributed by atoms with E-state index in [2.05, 4.69) is 10.2 Å². The van der Waals surface area contributed by atoms with Gasteiger partial charge in [0.25, 0.3) is 0 Å². The van der Waals surface area contributed by atoms with Gasteiger partial charge in [0.15, 0.2) is 0 Å². The van der Waals surface area contributed by atoms with Gasteiger partial charge in [-0.25, -0.2) is 0 Å². The molecule has 1 spiro atoms. The Hall–Kier alpha value is -1.10. The second kappa shape index (κ2) is 4.97. The Labute approximate surface area is 126 Å². The topological polar surface area (TPSA) is 52.7 Å².